The second kappa shape index (κ2) is 4.37. The molecule has 1 aliphatic rings. The summed E-state index contributed by atoms with van der Waals surface area (Å²) in [7, 11) is 6.35. The van der Waals surface area contributed by atoms with Crippen LogP contribution in [-0.4, -0.2) is 41.6 Å². The molecule has 1 aromatic carbocycles. The van der Waals surface area contributed by atoms with Gasteiger partial charge < -0.3 is 14.8 Å². The van der Waals surface area contributed by atoms with Gasteiger partial charge in [-0.1, -0.05) is 6.07 Å². The molecule has 96 valence electrons. The molecule has 0 radical (unpaired) electrons. The van der Waals surface area contributed by atoms with Crippen molar-refractivity contribution in [3.8, 4) is 0 Å². The third kappa shape index (κ3) is 1.82. The summed E-state index contributed by atoms with van der Waals surface area (Å²) in [5.74, 6) is 0.709. The van der Waals surface area contributed by atoms with Gasteiger partial charge in [-0.25, -0.2) is 4.98 Å². The zero-order valence-electron chi connectivity index (χ0n) is 11.2. The van der Waals surface area contributed by atoms with E-state index in [1.54, 1.807) is 0 Å². The Balaban J connectivity index is 2.00. The van der Waals surface area contributed by atoms with Gasteiger partial charge in [0.05, 0.1) is 17.4 Å². The Morgan fingerprint density at radius 3 is 2.78 bits per heavy atom. The molecule has 3 rings (SSSR count). The van der Waals surface area contributed by atoms with Gasteiger partial charge >= 0.3 is 0 Å². The van der Waals surface area contributed by atoms with E-state index in [0.29, 0.717) is 12.0 Å². The highest BCUT2D eigenvalue weighted by Gasteiger charge is 2.30. The summed E-state index contributed by atoms with van der Waals surface area (Å²) in [6, 6.07) is 7.14. The van der Waals surface area contributed by atoms with Crippen LogP contribution in [0.1, 0.15) is 11.6 Å². The topological polar surface area (TPSA) is 33.1 Å². The standard InChI is InChI=1S/C14H20N4/c1-17(2)14(11-7-15-8-11)10-4-5-13-12(6-10)16-9-18(13)3/h4-6,9,11,14-15H,7-8H2,1-3H3. The normalized spacial score (nSPS) is 18.2. The van der Waals surface area contributed by atoms with Gasteiger partial charge in [0, 0.05) is 32.1 Å². The summed E-state index contributed by atoms with van der Waals surface area (Å²) in [4.78, 5) is 6.77. The first-order valence-corrected chi connectivity index (χ1v) is 6.45. The van der Waals surface area contributed by atoms with E-state index in [0.717, 1.165) is 18.6 Å². The first kappa shape index (κ1) is 11.7. The third-order valence-corrected chi connectivity index (χ3v) is 3.91. The van der Waals surface area contributed by atoms with Crippen molar-refractivity contribution in [2.45, 2.75) is 6.04 Å². The molecule has 2 aromatic rings. The van der Waals surface area contributed by atoms with Crippen LogP contribution in [-0.2, 0) is 7.05 Å². The number of hydrogen-bond donors (Lipinski definition) is 1. The van der Waals surface area contributed by atoms with Crippen LogP contribution in [0.3, 0.4) is 0 Å². The number of nitrogens with zero attached hydrogens (tertiary/aromatic N) is 3. The summed E-state index contributed by atoms with van der Waals surface area (Å²) in [5.41, 5.74) is 3.66. The molecule has 1 fully saturated rings. The summed E-state index contributed by atoms with van der Waals surface area (Å²) >= 11 is 0. The molecule has 0 amide bonds. The van der Waals surface area contributed by atoms with Crippen molar-refractivity contribution in [2.75, 3.05) is 27.2 Å². The van der Waals surface area contributed by atoms with Crippen molar-refractivity contribution in [3.05, 3.63) is 30.1 Å². The summed E-state index contributed by atoms with van der Waals surface area (Å²) in [6.07, 6.45) is 1.88. The van der Waals surface area contributed by atoms with Gasteiger partial charge in [-0.15, -0.1) is 0 Å². The molecule has 1 atom stereocenters. The predicted molar refractivity (Wildman–Crippen MR) is 73.5 cm³/mol. The predicted octanol–water partition coefficient (Wildman–Crippen LogP) is 1.40. The number of rotatable bonds is 3. The van der Waals surface area contributed by atoms with Crippen molar-refractivity contribution in [2.24, 2.45) is 13.0 Å². The van der Waals surface area contributed by atoms with E-state index in [1.165, 1.54) is 11.1 Å². The first-order valence-electron chi connectivity index (χ1n) is 6.45. The average Bonchev–Trinajstić information content (AvgIpc) is 2.64. The van der Waals surface area contributed by atoms with Crippen LogP contribution in [0.4, 0.5) is 0 Å². The maximum Gasteiger partial charge on any atom is 0.0955 e. The molecule has 1 unspecified atom stereocenters. The molecule has 1 N–H and O–H groups in total. The van der Waals surface area contributed by atoms with E-state index in [1.807, 2.05) is 13.4 Å². The smallest absolute Gasteiger partial charge is 0.0955 e. The monoisotopic (exact) mass is 244 g/mol. The lowest BCUT2D eigenvalue weighted by atomic mass is 9.87. The lowest BCUT2D eigenvalue weighted by molar-refractivity contribution is 0.161. The zero-order valence-corrected chi connectivity index (χ0v) is 11.2. The lowest BCUT2D eigenvalue weighted by Gasteiger charge is -2.38. The molecular formula is C14H20N4. The Labute approximate surface area is 108 Å². The van der Waals surface area contributed by atoms with E-state index in [2.05, 4.69) is 52.1 Å². The van der Waals surface area contributed by atoms with Gasteiger partial charge in [-0.2, -0.15) is 0 Å². The number of imidazole rings is 1. The van der Waals surface area contributed by atoms with Gasteiger partial charge in [-0.05, 0) is 31.8 Å². The fraction of sp³-hybridized carbons (Fsp3) is 0.500. The van der Waals surface area contributed by atoms with Crippen LogP contribution in [0, 0.1) is 5.92 Å². The maximum absolute atomic E-state index is 4.45. The van der Waals surface area contributed by atoms with Gasteiger partial charge in [0.1, 0.15) is 0 Å². The zero-order chi connectivity index (χ0) is 12.7. The Hall–Kier alpha value is -1.39. The fourth-order valence-corrected chi connectivity index (χ4v) is 2.86. The fourth-order valence-electron chi connectivity index (χ4n) is 2.86. The number of aromatic nitrogens is 2. The summed E-state index contributed by atoms with van der Waals surface area (Å²) in [6.45, 7) is 2.23. The van der Waals surface area contributed by atoms with Gasteiger partial charge in [0.25, 0.3) is 0 Å². The molecule has 0 bridgehead atoms. The van der Waals surface area contributed by atoms with Crippen LogP contribution in [0.15, 0.2) is 24.5 Å². The molecule has 0 spiro atoms. The van der Waals surface area contributed by atoms with Crippen LogP contribution in [0.2, 0.25) is 0 Å². The molecule has 4 heteroatoms. The quantitative estimate of drug-likeness (QED) is 0.886. The molecular weight excluding hydrogens is 224 g/mol. The highest BCUT2D eigenvalue weighted by Crippen LogP contribution is 2.30. The van der Waals surface area contributed by atoms with Gasteiger partial charge in [0.2, 0.25) is 0 Å². The molecule has 1 aromatic heterocycles. The summed E-state index contributed by atoms with van der Waals surface area (Å²) in [5, 5.41) is 3.36. The first-order chi connectivity index (χ1) is 8.66. The molecule has 2 heterocycles. The summed E-state index contributed by atoms with van der Waals surface area (Å²) < 4.78 is 2.06. The minimum atomic E-state index is 0.484. The molecule has 1 saturated heterocycles. The Kier molecular flexibility index (Phi) is 2.84. The van der Waals surface area contributed by atoms with E-state index in [9.17, 15) is 0 Å². The maximum atomic E-state index is 4.45. The van der Waals surface area contributed by atoms with Gasteiger partial charge in [0.15, 0.2) is 0 Å². The van der Waals surface area contributed by atoms with Crippen molar-refractivity contribution < 1.29 is 0 Å². The average molecular weight is 244 g/mol. The molecule has 0 aliphatic carbocycles. The second-order valence-corrected chi connectivity index (χ2v) is 5.43. The van der Waals surface area contributed by atoms with E-state index >= 15 is 0 Å². The van der Waals surface area contributed by atoms with Crippen molar-refractivity contribution >= 4 is 11.0 Å². The van der Waals surface area contributed by atoms with E-state index < -0.39 is 0 Å². The lowest BCUT2D eigenvalue weighted by Crippen LogP contribution is -2.48. The Bertz CT molecular complexity index is 554. The van der Waals surface area contributed by atoms with Crippen molar-refractivity contribution in [1.29, 1.82) is 0 Å². The Morgan fingerprint density at radius 2 is 2.17 bits per heavy atom. The number of hydrogen-bond acceptors (Lipinski definition) is 3. The number of nitrogens with one attached hydrogen (secondary N) is 1. The van der Waals surface area contributed by atoms with Crippen LogP contribution in [0.5, 0.6) is 0 Å². The minimum Gasteiger partial charge on any atom is -0.334 e. The van der Waals surface area contributed by atoms with Crippen molar-refractivity contribution in [3.63, 3.8) is 0 Å². The molecule has 18 heavy (non-hydrogen) atoms. The second-order valence-electron chi connectivity index (χ2n) is 5.43. The van der Waals surface area contributed by atoms with E-state index in [-0.39, 0.29) is 0 Å². The third-order valence-electron chi connectivity index (χ3n) is 3.91. The van der Waals surface area contributed by atoms with Crippen molar-refractivity contribution in [1.82, 2.24) is 19.8 Å². The molecule has 4 nitrogen and oxygen atoms in total. The Morgan fingerprint density at radius 1 is 1.39 bits per heavy atom. The largest absolute Gasteiger partial charge is 0.334 e. The number of fused-ring (bicyclic) bond motifs is 1. The minimum absolute atomic E-state index is 0.484. The van der Waals surface area contributed by atoms with Crippen LogP contribution in [0.25, 0.3) is 11.0 Å². The number of aryl methyl sites for hydroxylation is 1. The van der Waals surface area contributed by atoms with Crippen LogP contribution < -0.4 is 5.32 Å². The highest BCUT2D eigenvalue weighted by molar-refractivity contribution is 5.76. The highest BCUT2D eigenvalue weighted by atomic mass is 15.1. The SMILES string of the molecule is CN(C)C(c1ccc2c(c1)ncn2C)C1CNC1. The van der Waals surface area contributed by atoms with E-state index in [4.69, 9.17) is 0 Å². The van der Waals surface area contributed by atoms with Gasteiger partial charge in [-0.3, -0.25) is 0 Å². The molecule has 1 aliphatic heterocycles. The number of benzene rings is 1. The molecule has 0 saturated carbocycles. The van der Waals surface area contributed by atoms with Crippen LogP contribution >= 0.6 is 0 Å².